The first-order valence-electron chi connectivity index (χ1n) is 9.34. The highest BCUT2D eigenvalue weighted by molar-refractivity contribution is 5.69. The van der Waals surface area contributed by atoms with Crippen LogP contribution in [0.25, 0.3) is 0 Å². The van der Waals surface area contributed by atoms with Crippen molar-refractivity contribution in [2.45, 2.75) is 51.1 Å². The summed E-state index contributed by atoms with van der Waals surface area (Å²) in [5, 5.41) is 4.40. The number of hydrogen-bond acceptors (Lipinski definition) is 4. The maximum atomic E-state index is 11.8. The molecule has 1 spiro atoms. The molecule has 6 heteroatoms. The van der Waals surface area contributed by atoms with Crippen LogP contribution in [-0.4, -0.2) is 64.5 Å². The number of aromatic nitrogens is 2. The number of hydrogen-bond donors (Lipinski definition) is 0. The van der Waals surface area contributed by atoms with Gasteiger partial charge in [-0.25, -0.2) is 4.79 Å². The van der Waals surface area contributed by atoms with Gasteiger partial charge in [0.25, 0.3) is 0 Å². The molecule has 3 heterocycles. The SMILES string of the molecule is CCOC(=O)N1CC2(CCC(N3CCC(n4cccn4)CC3)C2)C1. The van der Waals surface area contributed by atoms with Crippen molar-refractivity contribution in [3.8, 4) is 0 Å². The van der Waals surface area contributed by atoms with Gasteiger partial charge in [0.15, 0.2) is 0 Å². The Bertz CT molecular complexity index is 560. The van der Waals surface area contributed by atoms with Crippen LogP contribution in [-0.2, 0) is 4.74 Å². The van der Waals surface area contributed by atoms with Crippen LogP contribution in [0, 0.1) is 5.41 Å². The van der Waals surface area contributed by atoms with E-state index in [9.17, 15) is 4.79 Å². The molecule has 1 saturated carbocycles. The van der Waals surface area contributed by atoms with Crippen molar-refractivity contribution in [3.63, 3.8) is 0 Å². The fourth-order valence-electron chi connectivity index (χ4n) is 4.90. The Morgan fingerprint density at radius 3 is 2.71 bits per heavy atom. The molecule has 1 amide bonds. The minimum atomic E-state index is -0.133. The zero-order valence-electron chi connectivity index (χ0n) is 14.6. The quantitative estimate of drug-likeness (QED) is 0.853. The Kier molecular flexibility index (Phi) is 4.24. The Hall–Kier alpha value is -1.56. The highest BCUT2D eigenvalue weighted by atomic mass is 16.6. The monoisotopic (exact) mass is 332 g/mol. The molecule has 6 nitrogen and oxygen atoms in total. The van der Waals surface area contributed by atoms with Crippen molar-refractivity contribution in [3.05, 3.63) is 18.5 Å². The van der Waals surface area contributed by atoms with Crippen LogP contribution in [0.15, 0.2) is 18.5 Å². The molecule has 2 aliphatic heterocycles. The van der Waals surface area contributed by atoms with Gasteiger partial charge in [-0.3, -0.25) is 4.68 Å². The molecule has 132 valence electrons. The normalized spacial score (nSPS) is 27.4. The summed E-state index contributed by atoms with van der Waals surface area (Å²) in [5.74, 6) is 0. The number of ether oxygens (including phenoxy) is 1. The second-order valence-corrected chi connectivity index (χ2v) is 7.70. The van der Waals surface area contributed by atoms with E-state index in [1.54, 1.807) is 0 Å². The molecule has 3 fully saturated rings. The zero-order valence-corrected chi connectivity index (χ0v) is 14.6. The summed E-state index contributed by atoms with van der Waals surface area (Å²) in [5.41, 5.74) is 0.371. The van der Waals surface area contributed by atoms with Gasteiger partial charge in [0.2, 0.25) is 0 Å². The van der Waals surface area contributed by atoms with Crippen LogP contribution in [0.3, 0.4) is 0 Å². The molecule has 1 aliphatic carbocycles. The number of carbonyl (C=O) groups is 1. The van der Waals surface area contributed by atoms with E-state index in [-0.39, 0.29) is 6.09 Å². The van der Waals surface area contributed by atoms with Crippen LogP contribution in [0.1, 0.15) is 45.1 Å². The minimum Gasteiger partial charge on any atom is -0.450 e. The van der Waals surface area contributed by atoms with Gasteiger partial charge in [-0.15, -0.1) is 0 Å². The van der Waals surface area contributed by atoms with E-state index >= 15 is 0 Å². The lowest BCUT2D eigenvalue weighted by molar-refractivity contribution is -0.00399. The summed E-state index contributed by atoms with van der Waals surface area (Å²) in [7, 11) is 0. The van der Waals surface area contributed by atoms with Gasteiger partial charge in [-0.05, 0) is 45.1 Å². The van der Waals surface area contributed by atoms with Gasteiger partial charge in [0.1, 0.15) is 0 Å². The molecule has 1 unspecified atom stereocenters. The highest BCUT2D eigenvalue weighted by Gasteiger charge is 2.51. The number of rotatable bonds is 3. The molecule has 0 aromatic carbocycles. The second-order valence-electron chi connectivity index (χ2n) is 7.70. The van der Waals surface area contributed by atoms with Gasteiger partial charge < -0.3 is 14.5 Å². The molecule has 3 aliphatic rings. The van der Waals surface area contributed by atoms with Gasteiger partial charge >= 0.3 is 6.09 Å². The minimum absolute atomic E-state index is 0.133. The molecule has 24 heavy (non-hydrogen) atoms. The molecular weight excluding hydrogens is 304 g/mol. The van der Waals surface area contributed by atoms with Crippen molar-refractivity contribution in [1.82, 2.24) is 19.6 Å². The lowest BCUT2D eigenvalue weighted by Crippen LogP contribution is -2.58. The average Bonchev–Trinajstić information content (AvgIpc) is 3.24. The molecule has 2 saturated heterocycles. The topological polar surface area (TPSA) is 50.6 Å². The summed E-state index contributed by atoms with van der Waals surface area (Å²) >= 11 is 0. The first kappa shape index (κ1) is 15.9. The van der Waals surface area contributed by atoms with Crippen molar-refractivity contribution < 1.29 is 9.53 Å². The molecule has 0 bridgehead atoms. The number of nitrogens with zero attached hydrogens (tertiary/aromatic N) is 4. The average molecular weight is 332 g/mol. The number of carbonyl (C=O) groups excluding carboxylic acids is 1. The van der Waals surface area contributed by atoms with Crippen molar-refractivity contribution in [2.75, 3.05) is 32.8 Å². The van der Waals surface area contributed by atoms with Crippen molar-refractivity contribution >= 4 is 6.09 Å². The highest BCUT2D eigenvalue weighted by Crippen LogP contribution is 2.47. The van der Waals surface area contributed by atoms with E-state index < -0.39 is 0 Å². The predicted molar refractivity (Wildman–Crippen MR) is 90.7 cm³/mol. The first-order chi connectivity index (χ1) is 11.7. The number of piperidine rings is 1. The smallest absolute Gasteiger partial charge is 0.409 e. The fraction of sp³-hybridized carbons (Fsp3) is 0.778. The van der Waals surface area contributed by atoms with E-state index in [0.29, 0.717) is 24.1 Å². The van der Waals surface area contributed by atoms with Gasteiger partial charge in [0.05, 0.1) is 12.6 Å². The third kappa shape index (κ3) is 2.92. The third-order valence-electron chi connectivity index (χ3n) is 6.17. The van der Waals surface area contributed by atoms with Crippen LogP contribution in [0.5, 0.6) is 0 Å². The van der Waals surface area contributed by atoms with Crippen LogP contribution < -0.4 is 0 Å². The summed E-state index contributed by atoms with van der Waals surface area (Å²) in [6.07, 6.45) is 10.00. The Morgan fingerprint density at radius 1 is 1.25 bits per heavy atom. The molecule has 1 aromatic heterocycles. The van der Waals surface area contributed by atoms with E-state index in [1.165, 1.54) is 45.2 Å². The standard InChI is InChI=1S/C18H28N4O2/c1-2-24-17(23)21-13-18(14-21)7-4-16(12-18)20-10-5-15(6-11-20)22-9-3-8-19-22/h3,8-9,15-16H,2,4-7,10-14H2,1H3. The Morgan fingerprint density at radius 2 is 2.04 bits per heavy atom. The molecule has 1 atom stereocenters. The van der Waals surface area contributed by atoms with E-state index in [0.717, 1.165) is 13.1 Å². The fourth-order valence-corrected chi connectivity index (χ4v) is 4.90. The molecule has 0 radical (unpaired) electrons. The Balaban J connectivity index is 1.26. The maximum Gasteiger partial charge on any atom is 0.409 e. The van der Waals surface area contributed by atoms with Crippen LogP contribution in [0.4, 0.5) is 4.79 Å². The maximum absolute atomic E-state index is 11.8. The molecule has 1 aromatic rings. The van der Waals surface area contributed by atoms with Gasteiger partial charge in [-0.1, -0.05) is 0 Å². The van der Waals surface area contributed by atoms with Crippen LogP contribution in [0.2, 0.25) is 0 Å². The van der Waals surface area contributed by atoms with E-state index in [2.05, 4.69) is 20.9 Å². The second kappa shape index (κ2) is 6.39. The van der Waals surface area contributed by atoms with E-state index in [4.69, 9.17) is 4.74 Å². The lowest BCUT2D eigenvalue weighted by atomic mass is 9.78. The number of amides is 1. The predicted octanol–water partition coefficient (Wildman–Crippen LogP) is 2.53. The van der Waals surface area contributed by atoms with Crippen LogP contribution >= 0.6 is 0 Å². The summed E-state index contributed by atoms with van der Waals surface area (Å²) < 4.78 is 7.23. The Labute approximate surface area is 143 Å². The summed E-state index contributed by atoms with van der Waals surface area (Å²) in [6, 6.07) is 3.28. The summed E-state index contributed by atoms with van der Waals surface area (Å²) in [4.78, 5) is 16.3. The molecule has 0 N–H and O–H groups in total. The zero-order chi connectivity index (χ0) is 16.6. The number of likely N-dealkylation sites (tertiary alicyclic amines) is 2. The first-order valence-corrected chi connectivity index (χ1v) is 9.34. The molecule has 4 rings (SSSR count). The van der Waals surface area contributed by atoms with Crippen molar-refractivity contribution in [1.29, 1.82) is 0 Å². The van der Waals surface area contributed by atoms with Gasteiger partial charge in [-0.2, -0.15) is 5.10 Å². The molecular formula is C18H28N4O2. The van der Waals surface area contributed by atoms with Gasteiger partial charge in [0, 0.05) is 50.0 Å². The lowest BCUT2D eigenvalue weighted by Gasteiger charge is -2.48. The van der Waals surface area contributed by atoms with Crippen molar-refractivity contribution in [2.24, 2.45) is 5.41 Å². The third-order valence-corrected chi connectivity index (χ3v) is 6.17. The largest absolute Gasteiger partial charge is 0.450 e. The van der Waals surface area contributed by atoms with E-state index in [1.807, 2.05) is 24.1 Å². The summed E-state index contributed by atoms with van der Waals surface area (Å²) in [6.45, 7) is 6.47.